The second kappa shape index (κ2) is 7.75. The third-order valence-electron chi connectivity index (χ3n) is 3.64. The van der Waals surface area contributed by atoms with E-state index in [9.17, 15) is 22.8 Å². The molecule has 1 N–H and O–H groups in total. The Kier molecular flexibility index (Phi) is 5.94. The van der Waals surface area contributed by atoms with Gasteiger partial charge in [0, 0.05) is 13.1 Å². The van der Waals surface area contributed by atoms with E-state index < -0.39 is 28.3 Å². The lowest BCUT2D eigenvalue weighted by atomic mass is 10.2. The number of thiophene rings is 1. The molecule has 0 bridgehead atoms. The van der Waals surface area contributed by atoms with E-state index in [1.165, 1.54) is 23.3 Å². The van der Waals surface area contributed by atoms with Gasteiger partial charge in [-0.05, 0) is 17.9 Å². The molecule has 0 aliphatic carbocycles. The van der Waals surface area contributed by atoms with E-state index in [1.54, 1.807) is 17.5 Å². The van der Waals surface area contributed by atoms with E-state index in [4.69, 9.17) is 4.74 Å². The molecule has 1 aliphatic heterocycles. The number of rotatable bonds is 6. The summed E-state index contributed by atoms with van der Waals surface area (Å²) in [5.41, 5.74) is 0. The first kappa shape index (κ1) is 18.4. The van der Waals surface area contributed by atoms with Gasteiger partial charge in [-0.15, -0.1) is 11.3 Å². The minimum atomic E-state index is -3.09. The molecule has 0 aromatic carbocycles. The van der Waals surface area contributed by atoms with Crippen LogP contribution in [0.15, 0.2) is 17.5 Å². The summed E-state index contributed by atoms with van der Waals surface area (Å²) in [6, 6.07) is 2.95. The van der Waals surface area contributed by atoms with Crippen LogP contribution in [0.2, 0.25) is 0 Å². The van der Waals surface area contributed by atoms with Gasteiger partial charge in [0.25, 0.3) is 11.8 Å². The summed E-state index contributed by atoms with van der Waals surface area (Å²) in [4.78, 5) is 36.9. The van der Waals surface area contributed by atoms with Crippen molar-refractivity contribution in [1.82, 2.24) is 10.2 Å². The minimum absolute atomic E-state index is 0.0594. The maximum absolute atomic E-state index is 11.9. The Morgan fingerprint density at radius 3 is 2.75 bits per heavy atom. The van der Waals surface area contributed by atoms with Crippen LogP contribution in [0.3, 0.4) is 0 Å². The number of likely N-dealkylation sites (N-methyl/N-ethyl adjacent to an activating group) is 1. The molecular formula is C14H18N2O6S2. The van der Waals surface area contributed by atoms with Crippen LogP contribution in [0, 0.1) is 0 Å². The molecule has 24 heavy (non-hydrogen) atoms. The molecule has 8 nitrogen and oxygen atoms in total. The third kappa shape index (κ3) is 5.03. The normalized spacial score (nSPS) is 18.8. The average molecular weight is 374 g/mol. The van der Waals surface area contributed by atoms with Gasteiger partial charge in [0.1, 0.15) is 6.54 Å². The minimum Gasteiger partial charge on any atom is -0.454 e. The largest absolute Gasteiger partial charge is 0.454 e. The highest BCUT2D eigenvalue weighted by atomic mass is 32.2. The Labute approximate surface area is 143 Å². The molecule has 1 aliphatic rings. The van der Waals surface area contributed by atoms with Crippen LogP contribution in [-0.4, -0.2) is 68.8 Å². The monoisotopic (exact) mass is 374 g/mol. The van der Waals surface area contributed by atoms with Crippen molar-refractivity contribution in [3.8, 4) is 0 Å². The van der Waals surface area contributed by atoms with Crippen molar-refractivity contribution < 1.29 is 27.5 Å². The molecule has 2 heterocycles. The molecule has 0 unspecified atom stereocenters. The zero-order valence-electron chi connectivity index (χ0n) is 13.1. The molecule has 1 aromatic heterocycles. The molecule has 1 atom stereocenters. The molecule has 2 amide bonds. The number of nitrogens with zero attached hydrogens (tertiary/aromatic N) is 1. The van der Waals surface area contributed by atoms with E-state index in [1.807, 2.05) is 0 Å². The molecule has 1 fully saturated rings. The van der Waals surface area contributed by atoms with Crippen LogP contribution in [0.1, 0.15) is 16.1 Å². The van der Waals surface area contributed by atoms with Gasteiger partial charge in [-0.3, -0.25) is 14.4 Å². The second-order valence-electron chi connectivity index (χ2n) is 5.38. The number of sulfone groups is 1. The third-order valence-corrected chi connectivity index (χ3v) is 6.26. The number of esters is 1. The number of carbonyl (C=O) groups is 3. The number of ether oxygens (including phenoxy) is 1. The van der Waals surface area contributed by atoms with E-state index >= 15 is 0 Å². The van der Waals surface area contributed by atoms with Crippen molar-refractivity contribution >= 4 is 39.0 Å². The Hall–Kier alpha value is -1.94. The second-order valence-corrected chi connectivity index (χ2v) is 8.56. The Morgan fingerprint density at radius 1 is 1.42 bits per heavy atom. The van der Waals surface area contributed by atoms with Crippen LogP contribution in [0.5, 0.6) is 0 Å². The van der Waals surface area contributed by atoms with Gasteiger partial charge in [-0.1, -0.05) is 6.07 Å². The first-order valence-corrected chi connectivity index (χ1v) is 9.92. The van der Waals surface area contributed by atoms with Gasteiger partial charge >= 0.3 is 5.97 Å². The highest BCUT2D eigenvalue weighted by Crippen LogP contribution is 2.16. The van der Waals surface area contributed by atoms with Gasteiger partial charge in [-0.2, -0.15) is 0 Å². The number of carbonyl (C=O) groups excluding carboxylic acids is 3. The number of amides is 2. The smallest absolute Gasteiger partial charge is 0.325 e. The van der Waals surface area contributed by atoms with Crippen LogP contribution in [0.25, 0.3) is 0 Å². The van der Waals surface area contributed by atoms with E-state index in [0.29, 0.717) is 11.3 Å². The Bertz CT molecular complexity index is 714. The Balaban J connectivity index is 1.71. The van der Waals surface area contributed by atoms with Crippen molar-refractivity contribution in [2.45, 2.75) is 12.5 Å². The quantitative estimate of drug-likeness (QED) is 0.683. The highest BCUT2D eigenvalue weighted by molar-refractivity contribution is 7.91. The van der Waals surface area contributed by atoms with Gasteiger partial charge in [0.15, 0.2) is 16.4 Å². The summed E-state index contributed by atoms with van der Waals surface area (Å²) >= 11 is 1.24. The van der Waals surface area contributed by atoms with Crippen molar-refractivity contribution in [3.05, 3.63) is 22.4 Å². The fraction of sp³-hybridized carbons (Fsp3) is 0.500. The topological polar surface area (TPSA) is 110 Å². The van der Waals surface area contributed by atoms with Crippen LogP contribution in [-0.2, 0) is 24.2 Å². The molecule has 0 radical (unpaired) electrons. The van der Waals surface area contributed by atoms with Crippen LogP contribution in [0.4, 0.5) is 0 Å². The molecule has 0 spiro atoms. The van der Waals surface area contributed by atoms with Gasteiger partial charge in [-0.25, -0.2) is 8.42 Å². The summed E-state index contributed by atoms with van der Waals surface area (Å²) in [6.45, 7) is -0.827. The molecule has 0 saturated carbocycles. The van der Waals surface area contributed by atoms with Crippen molar-refractivity contribution in [2.24, 2.45) is 0 Å². The maximum Gasteiger partial charge on any atom is 0.325 e. The number of hydrogen-bond acceptors (Lipinski definition) is 7. The standard InChI is InChI=1S/C14H18N2O6S2/c1-16(10-4-6-24(20,21)9-10)12(17)8-22-13(18)7-15-14(19)11-3-2-5-23-11/h2-3,5,10H,4,6-9H2,1H3,(H,15,19)/t10-/m1/s1. The SMILES string of the molecule is CN(C(=O)COC(=O)CNC(=O)c1cccs1)[C@@H]1CCS(=O)(=O)C1. The van der Waals surface area contributed by atoms with Crippen molar-refractivity contribution in [3.63, 3.8) is 0 Å². The zero-order valence-corrected chi connectivity index (χ0v) is 14.7. The predicted molar refractivity (Wildman–Crippen MR) is 87.4 cm³/mol. The molecular weight excluding hydrogens is 356 g/mol. The highest BCUT2D eigenvalue weighted by Gasteiger charge is 2.32. The predicted octanol–water partition coefficient (Wildman–Crippen LogP) is -0.333. The van der Waals surface area contributed by atoms with Gasteiger partial charge in [0.2, 0.25) is 0 Å². The summed E-state index contributed by atoms with van der Waals surface area (Å²) in [5, 5.41) is 4.14. The zero-order chi connectivity index (χ0) is 17.7. The Morgan fingerprint density at radius 2 is 2.17 bits per heavy atom. The van der Waals surface area contributed by atoms with E-state index in [2.05, 4.69) is 5.32 Å². The lowest BCUT2D eigenvalue weighted by Crippen LogP contribution is -2.41. The van der Waals surface area contributed by atoms with E-state index in [-0.39, 0.29) is 30.0 Å². The van der Waals surface area contributed by atoms with Gasteiger partial charge in [0.05, 0.1) is 16.4 Å². The molecule has 2 rings (SSSR count). The number of nitrogens with one attached hydrogen (secondary N) is 1. The summed E-state index contributed by atoms with van der Waals surface area (Å²) in [7, 11) is -1.61. The first-order chi connectivity index (χ1) is 11.3. The van der Waals surface area contributed by atoms with Crippen molar-refractivity contribution in [2.75, 3.05) is 31.7 Å². The average Bonchev–Trinajstić information content (AvgIpc) is 3.18. The molecule has 10 heteroatoms. The lowest BCUT2D eigenvalue weighted by molar-refractivity contribution is -0.151. The van der Waals surface area contributed by atoms with Crippen LogP contribution < -0.4 is 5.32 Å². The molecule has 1 aromatic rings. The van der Waals surface area contributed by atoms with Crippen molar-refractivity contribution in [1.29, 1.82) is 0 Å². The summed E-state index contributed by atoms with van der Waals surface area (Å²) in [5.74, 6) is -1.61. The van der Waals surface area contributed by atoms with Crippen LogP contribution >= 0.6 is 11.3 Å². The fourth-order valence-corrected chi connectivity index (χ4v) is 4.64. The maximum atomic E-state index is 11.9. The summed E-state index contributed by atoms with van der Waals surface area (Å²) < 4.78 is 27.6. The van der Waals surface area contributed by atoms with E-state index in [0.717, 1.165) is 0 Å². The molecule has 132 valence electrons. The first-order valence-electron chi connectivity index (χ1n) is 7.22. The fourth-order valence-electron chi connectivity index (χ4n) is 2.23. The number of hydrogen-bond donors (Lipinski definition) is 1. The lowest BCUT2D eigenvalue weighted by Gasteiger charge is -2.23. The van der Waals surface area contributed by atoms with Gasteiger partial charge < -0.3 is 15.0 Å². The molecule has 1 saturated heterocycles. The summed E-state index contributed by atoms with van der Waals surface area (Å²) in [6.07, 6.45) is 0.384.